The smallest absolute Gasteiger partial charge is 0.222 e. The molecule has 2 heteroatoms. The maximum absolute atomic E-state index is 8.35. The van der Waals surface area contributed by atoms with Crippen molar-refractivity contribution in [2.24, 2.45) is 0 Å². The molecule has 1 aromatic carbocycles. The zero-order chi connectivity index (χ0) is 11.1. The van der Waals surface area contributed by atoms with E-state index in [0.29, 0.717) is 5.92 Å². The van der Waals surface area contributed by atoms with E-state index < -0.39 is 0 Å². The highest BCUT2D eigenvalue weighted by atomic mass is 16.1. The highest BCUT2D eigenvalue weighted by Gasteiger charge is 2.03. The Morgan fingerprint density at radius 2 is 1.79 bits per heavy atom. The van der Waals surface area contributed by atoms with Crippen molar-refractivity contribution in [2.75, 3.05) is 0 Å². The molecule has 76 valence electrons. The second-order valence-electron chi connectivity index (χ2n) is 3.55. The summed E-state index contributed by atoms with van der Waals surface area (Å²) < 4.78 is 0. The topological polar surface area (TPSA) is 40.9 Å². The largest absolute Gasteiger partial charge is 0.231 e. The van der Waals surface area contributed by atoms with Crippen LogP contribution < -0.4 is 0 Å². The van der Waals surface area contributed by atoms with Gasteiger partial charge in [-0.15, -0.1) is 0 Å². The van der Waals surface area contributed by atoms with Gasteiger partial charge in [-0.05, 0) is 36.5 Å². The Morgan fingerprint density at radius 1 is 1.29 bits per heavy atom. The third-order valence-electron chi connectivity index (χ3n) is 2.27. The summed E-state index contributed by atoms with van der Waals surface area (Å²) in [5.74, 6) is 0.648. The minimum Gasteiger partial charge on any atom is -0.222 e. The van der Waals surface area contributed by atoms with Crippen molar-refractivity contribution in [1.29, 1.82) is 5.41 Å². The van der Waals surface area contributed by atoms with Crippen LogP contribution in [0.1, 0.15) is 36.5 Å². The van der Waals surface area contributed by atoms with Crippen LogP contribution in [0.2, 0.25) is 0 Å². The highest BCUT2D eigenvalue weighted by molar-refractivity contribution is 5.34. The molecule has 0 bridgehead atoms. The Bertz CT molecular complexity index is 323. The maximum Gasteiger partial charge on any atom is 0.231 e. The zero-order valence-electron chi connectivity index (χ0n) is 9.22. The first-order chi connectivity index (χ1) is 6.54. The van der Waals surface area contributed by atoms with Crippen LogP contribution in [0.4, 0.5) is 0 Å². The molecule has 0 saturated carbocycles. The number of rotatable bonds is 1. The fraction of sp³-hybridized carbons (Fsp3) is 0.417. The predicted molar refractivity (Wildman–Crippen MR) is 58.4 cm³/mol. The lowest BCUT2D eigenvalue weighted by molar-refractivity contribution is 0.563. The van der Waals surface area contributed by atoms with Crippen molar-refractivity contribution in [3.05, 3.63) is 34.9 Å². The summed E-state index contributed by atoms with van der Waals surface area (Å²) in [6.45, 7) is 8.84. The number of hydrogen-bond acceptors (Lipinski definition) is 2. The normalized spacial score (nSPS) is 8.93. The van der Waals surface area contributed by atoms with Gasteiger partial charge in [0.15, 0.2) is 0 Å². The molecule has 0 amide bonds. The molecular weight excluding hydrogens is 174 g/mol. The molecule has 1 aromatic rings. The number of isocyanates is 1. The molecule has 0 aromatic heterocycles. The molecular formula is C12H17NO. The van der Waals surface area contributed by atoms with Gasteiger partial charge >= 0.3 is 0 Å². The molecule has 0 unspecified atom stereocenters. The average Bonchev–Trinajstić information content (AvgIpc) is 2.10. The Labute approximate surface area is 85.5 Å². The summed E-state index contributed by atoms with van der Waals surface area (Å²) in [6, 6.07) is 6.52. The van der Waals surface area contributed by atoms with Gasteiger partial charge in [-0.1, -0.05) is 32.0 Å². The van der Waals surface area contributed by atoms with E-state index in [4.69, 9.17) is 10.2 Å². The lowest BCUT2D eigenvalue weighted by Gasteiger charge is -2.10. The van der Waals surface area contributed by atoms with Gasteiger partial charge in [-0.3, -0.25) is 0 Å². The molecule has 0 aliphatic heterocycles. The van der Waals surface area contributed by atoms with Crippen molar-refractivity contribution in [1.82, 2.24) is 0 Å². The monoisotopic (exact) mass is 191 g/mol. The molecule has 14 heavy (non-hydrogen) atoms. The molecule has 1 N–H and O–H groups in total. The van der Waals surface area contributed by atoms with E-state index in [9.17, 15) is 0 Å². The second kappa shape index (κ2) is 6.11. The van der Waals surface area contributed by atoms with E-state index in [-0.39, 0.29) is 0 Å². The number of carbonyl (C=O) groups excluding carboxylic acids is 1. The Morgan fingerprint density at radius 3 is 2.14 bits per heavy atom. The lowest BCUT2D eigenvalue weighted by atomic mass is 9.95. The van der Waals surface area contributed by atoms with Crippen LogP contribution in [0.15, 0.2) is 18.2 Å². The third-order valence-corrected chi connectivity index (χ3v) is 2.27. The fourth-order valence-electron chi connectivity index (χ4n) is 1.40. The van der Waals surface area contributed by atoms with Crippen LogP contribution >= 0.6 is 0 Å². The summed E-state index contributed by atoms with van der Waals surface area (Å²) in [7, 11) is 0. The van der Waals surface area contributed by atoms with Crippen molar-refractivity contribution in [3.8, 4) is 0 Å². The molecule has 0 radical (unpaired) electrons. The Kier molecular flexibility index (Phi) is 5.50. The molecule has 1 rings (SSSR count). The van der Waals surface area contributed by atoms with Crippen LogP contribution in [0.3, 0.4) is 0 Å². The summed E-state index contributed by atoms with van der Waals surface area (Å²) >= 11 is 0. The van der Waals surface area contributed by atoms with E-state index in [0.717, 1.165) is 6.08 Å². The molecule has 0 saturated heterocycles. The average molecular weight is 191 g/mol. The first kappa shape index (κ1) is 12.6. The fourth-order valence-corrected chi connectivity index (χ4v) is 1.40. The molecule has 0 aliphatic carbocycles. The van der Waals surface area contributed by atoms with Crippen molar-refractivity contribution in [2.45, 2.75) is 33.6 Å². The predicted octanol–water partition coefficient (Wildman–Crippen LogP) is 3.33. The molecule has 0 fully saturated rings. The van der Waals surface area contributed by atoms with E-state index >= 15 is 0 Å². The molecule has 2 nitrogen and oxygen atoms in total. The summed E-state index contributed by atoms with van der Waals surface area (Å²) in [4.78, 5) is 8.35. The van der Waals surface area contributed by atoms with Crippen molar-refractivity contribution in [3.63, 3.8) is 0 Å². The third kappa shape index (κ3) is 3.55. The van der Waals surface area contributed by atoms with Gasteiger partial charge < -0.3 is 0 Å². The number of hydrogen-bond donors (Lipinski definition) is 1. The van der Waals surface area contributed by atoms with Crippen LogP contribution in [0, 0.1) is 19.3 Å². The van der Waals surface area contributed by atoms with Gasteiger partial charge in [-0.2, -0.15) is 0 Å². The summed E-state index contributed by atoms with van der Waals surface area (Å²) in [5, 5.41) is 5.40. The molecule has 0 heterocycles. The van der Waals surface area contributed by atoms with E-state index in [1.165, 1.54) is 16.7 Å². The number of nitrogens with one attached hydrogen (secondary N) is 1. The Balaban J connectivity index is 0.000000500. The first-order valence-corrected chi connectivity index (χ1v) is 4.64. The van der Waals surface area contributed by atoms with E-state index in [2.05, 4.69) is 45.9 Å². The van der Waals surface area contributed by atoms with Gasteiger partial charge in [0.2, 0.25) is 6.08 Å². The standard InChI is InChI=1S/C11H16.CHNO/c1-8(2)11-7-5-6-9(3)10(11)4;2-1-3/h5-8H,1-4H3;2H. The minimum absolute atomic E-state index is 0.648. The highest BCUT2D eigenvalue weighted by Crippen LogP contribution is 2.20. The van der Waals surface area contributed by atoms with Gasteiger partial charge in [0.05, 0.1) is 0 Å². The SMILES string of the molecule is Cc1cccc(C(C)C)c1C.N=C=O. The minimum atomic E-state index is 0.648. The quantitative estimate of drug-likeness (QED) is 0.537. The van der Waals surface area contributed by atoms with E-state index in [1.807, 2.05) is 0 Å². The van der Waals surface area contributed by atoms with Crippen molar-refractivity contribution < 1.29 is 4.79 Å². The molecule has 0 spiro atoms. The van der Waals surface area contributed by atoms with Crippen LogP contribution in [-0.4, -0.2) is 6.08 Å². The van der Waals surface area contributed by atoms with Gasteiger partial charge in [0, 0.05) is 0 Å². The summed E-state index contributed by atoms with van der Waals surface area (Å²) in [6.07, 6.45) is 0.750. The van der Waals surface area contributed by atoms with Crippen LogP contribution in [-0.2, 0) is 4.79 Å². The first-order valence-electron chi connectivity index (χ1n) is 4.64. The van der Waals surface area contributed by atoms with Crippen molar-refractivity contribution >= 4 is 6.08 Å². The van der Waals surface area contributed by atoms with Gasteiger partial charge in [0.25, 0.3) is 0 Å². The summed E-state index contributed by atoms with van der Waals surface area (Å²) in [5.41, 5.74) is 4.32. The second-order valence-corrected chi connectivity index (χ2v) is 3.55. The number of benzene rings is 1. The molecule has 0 atom stereocenters. The maximum atomic E-state index is 8.35. The Hall–Kier alpha value is -1.40. The zero-order valence-corrected chi connectivity index (χ0v) is 9.22. The van der Waals surface area contributed by atoms with Gasteiger partial charge in [0.1, 0.15) is 0 Å². The van der Waals surface area contributed by atoms with Crippen LogP contribution in [0.5, 0.6) is 0 Å². The van der Waals surface area contributed by atoms with Gasteiger partial charge in [-0.25, -0.2) is 10.2 Å². The van der Waals surface area contributed by atoms with Crippen LogP contribution in [0.25, 0.3) is 0 Å². The lowest BCUT2D eigenvalue weighted by Crippen LogP contribution is -1.93. The van der Waals surface area contributed by atoms with E-state index in [1.54, 1.807) is 0 Å². The molecule has 0 aliphatic rings. The number of aryl methyl sites for hydroxylation is 1.